The van der Waals surface area contributed by atoms with Gasteiger partial charge in [0.25, 0.3) is 0 Å². The molecular formula is C20H24O3. The third-order valence-electron chi connectivity index (χ3n) is 4.48. The fourth-order valence-corrected chi connectivity index (χ4v) is 3.09. The van der Waals surface area contributed by atoms with Gasteiger partial charge >= 0.3 is 0 Å². The van der Waals surface area contributed by atoms with Crippen molar-refractivity contribution in [2.24, 2.45) is 0 Å². The quantitative estimate of drug-likeness (QED) is 0.490. The number of ketones is 2. The summed E-state index contributed by atoms with van der Waals surface area (Å²) in [5, 5.41) is 0. The predicted molar refractivity (Wildman–Crippen MR) is 90.8 cm³/mol. The number of aldehydes is 1. The van der Waals surface area contributed by atoms with E-state index in [9.17, 15) is 14.4 Å². The van der Waals surface area contributed by atoms with Crippen LogP contribution in [0.2, 0.25) is 0 Å². The molecule has 122 valence electrons. The Morgan fingerprint density at radius 1 is 0.826 bits per heavy atom. The van der Waals surface area contributed by atoms with Gasteiger partial charge in [0.1, 0.15) is 6.29 Å². The lowest BCUT2D eigenvalue weighted by Gasteiger charge is -2.18. The molecule has 0 amide bonds. The van der Waals surface area contributed by atoms with Gasteiger partial charge in [-0.3, -0.25) is 9.59 Å². The fourth-order valence-electron chi connectivity index (χ4n) is 3.09. The molecule has 1 aromatic rings. The van der Waals surface area contributed by atoms with E-state index < -0.39 is 0 Å². The van der Waals surface area contributed by atoms with Crippen LogP contribution in [0.15, 0.2) is 35.4 Å². The molecule has 0 saturated heterocycles. The van der Waals surface area contributed by atoms with Crippen LogP contribution in [0.4, 0.5) is 0 Å². The zero-order chi connectivity index (χ0) is 16.7. The van der Waals surface area contributed by atoms with Crippen molar-refractivity contribution in [3.63, 3.8) is 0 Å². The van der Waals surface area contributed by atoms with Crippen LogP contribution < -0.4 is 0 Å². The average molecular weight is 312 g/mol. The molecule has 0 fully saturated rings. The van der Waals surface area contributed by atoms with Gasteiger partial charge in [0, 0.05) is 28.7 Å². The molecule has 0 saturated carbocycles. The highest BCUT2D eigenvalue weighted by Crippen LogP contribution is 2.29. The molecule has 0 atom stereocenters. The zero-order valence-corrected chi connectivity index (χ0v) is 13.8. The van der Waals surface area contributed by atoms with Crippen molar-refractivity contribution < 1.29 is 14.4 Å². The number of Topliss-reactive ketones (excluding diaryl/α,β-unsaturated/α-hetero) is 2. The minimum atomic E-state index is -0.0101. The minimum absolute atomic E-state index is 0.0101. The Morgan fingerprint density at radius 3 is 2.04 bits per heavy atom. The number of benzene rings is 1. The van der Waals surface area contributed by atoms with Gasteiger partial charge in [-0.2, -0.15) is 0 Å². The van der Waals surface area contributed by atoms with Crippen LogP contribution in [0.1, 0.15) is 79.0 Å². The third-order valence-corrected chi connectivity index (χ3v) is 4.48. The van der Waals surface area contributed by atoms with Crippen molar-refractivity contribution in [1.82, 2.24) is 0 Å². The van der Waals surface area contributed by atoms with E-state index in [-0.39, 0.29) is 11.6 Å². The maximum Gasteiger partial charge on any atom is 0.190 e. The zero-order valence-electron chi connectivity index (χ0n) is 13.8. The van der Waals surface area contributed by atoms with Crippen molar-refractivity contribution in [2.45, 2.75) is 58.3 Å². The van der Waals surface area contributed by atoms with Crippen LogP contribution in [0.25, 0.3) is 0 Å². The predicted octanol–water partition coefficient (Wildman–Crippen LogP) is 4.70. The molecule has 0 bridgehead atoms. The number of allylic oxidation sites excluding steroid dienone is 2. The molecule has 1 aromatic carbocycles. The summed E-state index contributed by atoms with van der Waals surface area (Å²) in [7, 11) is 0. The lowest BCUT2D eigenvalue weighted by Crippen LogP contribution is -2.20. The number of fused-ring (bicyclic) bond motifs is 1. The smallest absolute Gasteiger partial charge is 0.190 e. The number of hydrogen-bond acceptors (Lipinski definition) is 3. The molecule has 0 N–H and O–H groups in total. The molecule has 1 aliphatic carbocycles. The molecule has 0 unspecified atom stereocenters. The van der Waals surface area contributed by atoms with Crippen LogP contribution in [-0.2, 0) is 4.79 Å². The summed E-state index contributed by atoms with van der Waals surface area (Å²) < 4.78 is 0. The van der Waals surface area contributed by atoms with E-state index in [1.807, 2.05) is 6.07 Å². The number of carbonyl (C=O) groups is 3. The van der Waals surface area contributed by atoms with E-state index in [0.717, 1.165) is 44.8 Å². The van der Waals surface area contributed by atoms with E-state index in [0.29, 0.717) is 35.1 Å². The van der Waals surface area contributed by atoms with E-state index >= 15 is 0 Å². The monoisotopic (exact) mass is 312 g/mol. The topological polar surface area (TPSA) is 51.2 Å². The summed E-state index contributed by atoms with van der Waals surface area (Å²) in [6, 6.07) is 7.08. The molecule has 0 spiro atoms. The van der Waals surface area contributed by atoms with E-state index in [4.69, 9.17) is 0 Å². The Labute approximate surface area is 137 Å². The molecule has 0 radical (unpaired) electrons. The van der Waals surface area contributed by atoms with Gasteiger partial charge in [-0.05, 0) is 26.2 Å². The van der Waals surface area contributed by atoms with Crippen LogP contribution >= 0.6 is 0 Å². The lowest BCUT2D eigenvalue weighted by molar-refractivity contribution is -0.107. The van der Waals surface area contributed by atoms with Gasteiger partial charge in [-0.1, -0.05) is 49.9 Å². The summed E-state index contributed by atoms with van der Waals surface area (Å²) in [5.41, 5.74) is 2.38. The first kappa shape index (κ1) is 17.3. The Balaban J connectivity index is 1.86. The molecule has 0 aromatic heterocycles. The van der Waals surface area contributed by atoms with E-state index in [2.05, 4.69) is 0 Å². The van der Waals surface area contributed by atoms with E-state index in [1.165, 1.54) is 0 Å². The fraction of sp³-hybridized carbons (Fsp3) is 0.450. The molecule has 3 heteroatoms. The number of hydrogen-bond donors (Lipinski definition) is 0. The van der Waals surface area contributed by atoms with Crippen LogP contribution in [0, 0.1) is 0 Å². The van der Waals surface area contributed by atoms with Crippen molar-refractivity contribution in [3.8, 4) is 0 Å². The summed E-state index contributed by atoms with van der Waals surface area (Å²) in [6.07, 6.45) is 8.59. The Kier molecular flexibility index (Phi) is 6.45. The van der Waals surface area contributed by atoms with Gasteiger partial charge in [-0.25, -0.2) is 0 Å². The van der Waals surface area contributed by atoms with Crippen molar-refractivity contribution in [3.05, 3.63) is 46.5 Å². The SMILES string of the molecule is CC1=C(CCCCCCCCC=O)C(=O)c2ccccc2C1=O. The standard InChI is InChI=1S/C20H24O3/c1-15-16(11-7-5-3-2-4-6-10-14-21)20(23)18-13-9-8-12-17(18)19(15)22/h8-9,12-14H,2-7,10-11H2,1H3. The Bertz CT molecular complexity index is 626. The second-order valence-electron chi connectivity index (χ2n) is 6.13. The Hall–Kier alpha value is -2.03. The summed E-state index contributed by atoms with van der Waals surface area (Å²) in [4.78, 5) is 35.2. The second kappa shape index (κ2) is 8.56. The van der Waals surface area contributed by atoms with Gasteiger partial charge in [0.05, 0.1) is 0 Å². The summed E-state index contributed by atoms with van der Waals surface area (Å²) >= 11 is 0. The van der Waals surface area contributed by atoms with Crippen molar-refractivity contribution >= 4 is 17.9 Å². The molecule has 3 nitrogen and oxygen atoms in total. The lowest BCUT2D eigenvalue weighted by atomic mass is 9.82. The van der Waals surface area contributed by atoms with Gasteiger partial charge in [0.2, 0.25) is 0 Å². The second-order valence-corrected chi connectivity index (χ2v) is 6.13. The van der Waals surface area contributed by atoms with Crippen LogP contribution in [0.3, 0.4) is 0 Å². The van der Waals surface area contributed by atoms with Crippen molar-refractivity contribution in [1.29, 1.82) is 0 Å². The summed E-state index contributed by atoms with van der Waals surface area (Å²) in [5.74, 6) is 0.00717. The Morgan fingerprint density at radius 2 is 1.39 bits per heavy atom. The highest BCUT2D eigenvalue weighted by molar-refractivity contribution is 6.26. The van der Waals surface area contributed by atoms with Crippen LogP contribution in [-0.4, -0.2) is 17.9 Å². The van der Waals surface area contributed by atoms with Gasteiger partial charge in [0.15, 0.2) is 11.6 Å². The van der Waals surface area contributed by atoms with Gasteiger partial charge in [-0.15, -0.1) is 0 Å². The number of rotatable bonds is 9. The molecular weight excluding hydrogens is 288 g/mol. The highest BCUT2D eigenvalue weighted by atomic mass is 16.1. The number of carbonyl (C=O) groups excluding carboxylic acids is 3. The van der Waals surface area contributed by atoms with Gasteiger partial charge < -0.3 is 4.79 Å². The third kappa shape index (κ3) is 4.25. The molecule has 0 heterocycles. The first-order chi connectivity index (χ1) is 11.2. The first-order valence-corrected chi connectivity index (χ1v) is 8.48. The highest BCUT2D eigenvalue weighted by Gasteiger charge is 2.28. The average Bonchev–Trinajstić information content (AvgIpc) is 2.58. The first-order valence-electron chi connectivity index (χ1n) is 8.48. The maximum atomic E-state index is 12.6. The molecule has 2 rings (SSSR count). The molecule has 1 aliphatic rings. The minimum Gasteiger partial charge on any atom is -0.303 e. The largest absolute Gasteiger partial charge is 0.303 e. The normalized spacial score (nSPS) is 14.1. The molecule has 0 aliphatic heterocycles. The maximum absolute atomic E-state index is 12.6. The van der Waals surface area contributed by atoms with Crippen LogP contribution in [0.5, 0.6) is 0 Å². The molecule has 23 heavy (non-hydrogen) atoms. The van der Waals surface area contributed by atoms with E-state index in [1.54, 1.807) is 25.1 Å². The van der Waals surface area contributed by atoms with Crippen molar-refractivity contribution in [2.75, 3.05) is 0 Å². The number of unbranched alkanes of at least 4 members (excludes halogenated alkanes) is 6. The summed E-state index contributed by atoms with van der Waals surface area (Å²) in [6.45, 7) is 1.77.